The Morgan fingerprint density at radius 2 is 1.85 bits per heavy atom. The molecule has 0 bridgehead atoms. The molecule has 1 N–H and O–H groups in total. The zero-order valence-electron chi connectivity index (χ0n) is 12.5. The van der Waals surface area contributed by atoms with E-state index < -0.39 is 10.8 Å². The van der Waals surface area contributed by atoms with Gasteiger partial charge in [-0.1, -0.05) is 38.1 Å². The molecule has 1 aromatic carbocycles. The maximum atomic E-state index is 11.5. The standard InChI is InChI=1S/C17H25NOS/c1-17(2)10-7-16(14-5-3-4-6-15(14)17)18-13-8-11-20(19)12-9-13/h3-6,13,16,18H,7-12H2,1-2H3. The number of benzene rings is 1. The number of hydrogen-bond acceptors (Lipinski definition) is 2. The predicted molar refractivity (Wildman–Crippen MR) is 85.5 cm³/mol. The van der Waals surface area contributed by atoms with E-state index in [0.29, 0.717) is 17.5 Å². The van der Waals surface area contributed by atoms with Crippen molar-refractivity contribution in [3.05, 3.63) is 35.4 Å². The topological polar surface area (TPSA) is 29.1 Å². The maximum absolute atomic E-state index is 11.5. The van der Waals surface area contributed by atoms with Gasteiger partial charge in [0.25, 0.3) is 0 Å². The fourth-order valence-electron chi connectivity index (χ4n) is 3.63. The van der Waals surface area contributed by atoms with E-state index in [4.69, 9.17) is 0 Å². The second-order valence-electron chi connectivity index (χ2n) is 6.85. The van der Waals surface area contributed by atoms with Crippen molar-refractivity contribution in [1.82, 2.24) is 5.32 Å². The highest BCUT2D eigenvalue weighted by Crippen LogP contribution is 2.41. The van der Waals surface area contributed by atoms with Crippen molar-refractivity contribution >= 4 is 10.8 Å². The Morgan fingerprint density at radius 3 is 2.60 bits per heavy atom. The van der Waals surface area contributed by atoms with Gasteiger partial charge in [0.2, 0.25) is 0 Å². The smallest absolute Gasteiger partial charge is 0.0325 e. The van der Waals surface area contributed by atoms with Gasteiger partial charge in [0.05, 0.1) is 0 Å². The van der Waals surface area contributed by atoms with E-state index in [1.165, 1.54) is 24.0 Å². The summed E-state index contributed by atoms with van der Waals surface area (Å²) in [6, 6.07) is 9.92. The van der Waals surface area contributed by atoms with Crippen molar-refractivity contribution in [1.29, 1.82) is 0 Å². The first-order chi connectivity index (χ1) is 9.56. The van der Waals surface area contributed by atoms with E-state index in [9.17, 15) is 4.21 Å². The summed E-state index contributed by atoms with van der Waals surface area (Å²) in [7, 11) is -0.565. The summed E-state index contributed by atoms with van der Waals surface area (Å²) in [5.74, 6) is 1.75. The second kappa shape index (κ2) is 5.61. The van der Waals surface area contributed by atoms with Crippen molar-refractivity contribution in [2.75, 3.05) is 11.5 Å². The lowest BCUT2D eigenvalue weighted by Crippen LogP contribution is -2.41. The number of fused-ring (bicyclic) bond motifs is 1. The van der Waals surface area contributed by atoms with E-state index in [0.717, 1.165) is 24.3 Å². The van der Waals surface area contributed by atoms with Gasteiger partial charge in [-0.2, -0.15) is 0 Å². The molecular formula is C17H25NOS. The molecule has 1 heterocycles. The largest absolute Gasteiger partial charge is 0.307 e. The maximum Gasteiger partial charge on any atom is 0.0325 e. The SMILES string of the molecule is CC1(C)CCC(NC2CCS(=O)CC2)c2ccccc21. The van der Waals surface area contributed by atoms with Crippen LogP contribution in [0.2, 0.25) is 0 Å². The molecular weight excluding hydrogens is 266 g/mol. The molecule has 1 aromatic rings. The predicted octanol–water partition coefficient (Wildman–Crippen LogP) is 3.30. The Balaban J connectivity index is 1.77. The zero-order chi connectivity index (χ0) is 14.2. The van der Waals surface area contributed by atoms with E-state index in [1.54, 1.807) is 0 Å². The van der Waals surface area contributed by atoms with Crippen LogP contribution in [0.3, 0.4) is 0 Å². The highest BCUT2D eigenvalue weighted by Gasteiger charge is 2.33. The third kappa shape index (κ3) is 2.84. The molecule has 1 unspecified atom stereocenters. The van der Waals surface area contributed by atoms with Gasteiger partial charge in [-0.3, -0.25) is 4.21 Å². The van der Waals surface area contributed by atoms with Crippen LogP contribution in [0.25, 0.3) is 0 Å². The zero-order valence-corrected chi connectivity index (χ0v) is 13.3. The molecule has 110 valence electrons. The molecule has 1 fully saturated rings. The molecule has 0 radical (unpaired) electrons. The lowest BCUT2D eigenvalue weighted by atomic mass is 9.71. The molecule has 20 heavy (non-hydrogen) atoms. The molecule has 3 heteroatoms. The van der Waals surface area contributed by atoms with Crippen LogP contribution in [0.1, 0.15) is 56.7 Å². The molecule has 1 aliphatic heterocycles. The molecule has 2 nitrogen and oxygen atoms in total. The molecule has 2 aliphatic rings. The van der Waals surface area contributed by atoms with Gasteiger partial charge in [-0.25, -0.2) is 0 Å². The average Bonchev–Trinajstić information content (AvgIpc) is 2.45. The molecule has 0 aromatic heterocycles. The summed E-state index contributed by atoms with van der Waals surface area (Å²) in [6.07, 6.45) is 4.58. The minimum Gasteiger partial charge on any atom is -0.307 e. The van der Waals surface area contributed by atoms with Gasteiger partial charge in [0.15, 0.2) is 0 Å². The van der Waals surface area contributed by atoms with Crippen LogP contribution in [0.15, 0.2) is 24.3 Å². The normalized spacial score (nSPS) is 32.6. The van der Waals surface area contributed by atoms with Crippen molar-refractivity contribution in [3.63, 3.8) is 0 Å². The van der Waals surface area contributed by atoms with Gasteiger partial charge in [-0.05, 0) is 42.2 Å². The lowest BCUT2D eigenvalue weighted by Gasteiger charge is -2.39. The molecule has 1 aliphatic carbocycles. The number of nitrogens with one attached hydrogen (secondary N) is 1. The van der Waals surface area contributed by atoms with Gasteiger partial charge < -0.3 is 5.32 Å². The van der Waals surface area contributed by atoms with E-state index in [1.807, 2.05) is 0 Å². The van der Waals surface area contributed by atoms with Crippen molar-refractivity contribution in [2.24, 2.45) is 0 Å². The first-order valence-corrected chi connectivity index (χ1v) is 9.25. The van der Waals surface area contributed by atoms with Gasteiger partial charge in [-0.15, -0.1) is 0 Å². The molecule has 0 amide bonds. The summed E-state index contributed by atoms with van der Waals surface area (Å²) in [6.45, 7) is 4.71. The quantitative estimate of drug-likeness (QED) is 0.906. The highest BCUT2D eigenvalue weighted by atomic mass is 32.2. The van der Waals surface area contributed by atoms with Crippen LogP contribution in [-0.4, -0.2) is 21.8 Å². The number of hydrogen-bond donors (Lipinski definition) is 1. The average molecular weight is 291 g/mol. The lowest BCUT2D eigenvalue weighted by molar-refractivity contribution is 0.324. The van der Waals surface area contributed by atoms with Crippen LogP contribution < -0.4 is 5.32 Å². The third-order valence-corrected chi connectivity index (χ3v) is 6.33. The fourth-order valence-corrected chi connectivity index (χ4v) is 4.93. The Hall–Kier alpha value is -0.670. The van der Waals surface area contributed by atoms with Crippen LogP contribution in [0.5, 0.6) is 0 Å². The fraction of sp³-hybridized carbons (Fsp3) is 0.647. The minimum absolute atomic E-state index is 0.294. The first kappa shape index (κ1) is 14.3. The van der Waals surface area contributed by atoms with Crippen molar-refractivity contribution < 1.29 is 4.21 Å². The first-order valence-electron chi connectivity index (χ1n) is 7.77. The Morgan fingerprint density at radius 1 is 1.15 bits per heavy atom. The summed E-state index contributed by atoms with van der Waals surface area (Å²) in [5.41, 5.74) is 3.28. The monoisotopic (exact) mass is 291 g/mol. The summed E-state index contributed by atoms with van der Waals surface area (Å²) < 4.78 is 11.5. The molecule has 3 rings (SSSR count). The van der Waals surface area contributed by atoms with Crippen LogP contribution >= 0.6 is 0 Å². The Labute approximate surface area is 124 Å². The summed E-state index contributed by atoms with van der Waals surface area (Å²) in [4.78, 5) is 0. The van der Waals surface area contributed by atoms with Crippen LogP contribution in [-0.2, 0) is 16.2 Å². The van der Waals surface area contributed by atoms with Crippen molar-refractivity contribution in [2.45, 2.75) is 57.0 Å². The molecule has 0 saturated carbocycles. The van der Waals surface area contributed by atoms with E-state index >= 15 is 0 Å². The van der Waals surface area contributed by atoms with Gasteiger partial charge in [0.1, 0.15) is 0 Å². The van der Waals surface area contributed by atoms with Gasteiger partial charge >= 0.3 is 0 Å². The van der Waals surface area contributed by atoms with Crippen molar-refractivity contribution in [3.8, 4) is 0 Å². The Kier molecular flexibility index (Phi) is 4.00. The summed E-state index contributed by atoms with van der Waals surface area (Å²) in [5, 5.41) is 3.84. The second-order valence-corrected chi connectivity index (χ2v) is 8.55. The van der Waals surface area contributed by atoms with Crippen LogP contribution in [0.4, 0.5) is 0 Å². The minimum atomic E-state index is -0.565. The molecule has 1 saturated heterocycles. The Bertz CT molecular complexity index is 501. The van der Waals surface area contributed by atoms with E-state index in [2.05, 4.69) is 43.4 Å². The highest BCUT2D eigenvalue weighted by molar-refractivity contribution is 7.85. The summed E-state index contributed by atoms with van der Waals surface area (Å²) >= 11 is 0. The third-order valence-electron chi connectivity index (χ3n) is 4.95. The van der Waals surface area contributed by atoms with Crippen LogP contribution in [0, 0.1) is 0 Å². The van der Waals surface area contributed by atoms with E-state index in [-0.39, 0.29) is 0 Å². The van der Waals surface area contributed by atoms with Gasteiger partial charge in [0, 0.05) is 34.4 Å². The molecule has 1 atom stereocenters. The molecule has 0 spiro atoms. The number of rotatable bonds is 2.